The molecule has 1 N–H and O–H groups in total. The van der Waals surface area contributed by atoms with Crippen molar-refractivity contribution in [2.24, 2.45) is 0 Å². The molecule has 0 amide bonds. The molecule has 1 saturated carbocycles. The number of hydrogen-bond donors (Lipinski definition) is 1. The Kier molecular flexibility index (Phi) is 5.21. The van der Waals surface area contributed by atoms with Crippen molar-refractivity contribution in [3.8, 4) is 0 Å². The zero-order valence-electron chi connectivity index (χ0n) is 11.8. The summed E-state index contributed by atoms with van der Waals surface area (Å²) in [5, 5.41) is 3.60. The summed E-state index contributed by atoms with van der Waals surface area (Å²) < 4.78 is 0. The first-order valence-corrected chi connectivity index (χ1v) is 7.28. The fourth-order valence-corrected chi connectivity index (χ4v) is 2.41. The van der Waals surface area contributed by atoms with Gasteiger partial charge < -0.3 is 10.2 Å². The number of hydrogen-bond acceptors (Lipinski definition) is 2. The Morgan fingerprint density at radius 2 is 1.94 bits per heavy atom. The lowest BCUT2D eigenvalue weighted by molar-refractivity contribution is 0.326. The van der Waals surface area contributed by atoms with E-state index in [0.717, 1.165) is 25.6 Å². The second-order valence-corrected chi connectivity index (χ2v) is 5.48. The second-order valence-electron chi connectivity index (χ2n) is 5.48. The van der Waals surface area contributed by atoms with Gasteiger partial charge in [-0.05, 0) is 56.9 Å². The third-order valence-corrected chi connectivity index (χ3v) is 3.57. The summed E-state index contributed by atoms with van der Waals surface area (Å²) in [6.07, 6.45) is 5.14. The molecule has 0 heterocycles. The summed E-state index contributed by atoms with van der Waals surface area (Å²) in [7, 11) is 2.21. The molecule has 0 radical (unpaired) electrons. The molecule has 100 valence electrons. The Balaban J connectivity index is 1.86. The maximum Gasteiger partial charge on any atom is 0.0233 e. The quantitative estimate of drug-likeness (QED) is 0.759. The van der Waals surface area contributed by atoms with E-state index in [-0.39, 0.29) is 0 Å². The van der Waals surface area contributed by atoms with Gasteiger partial charge in [-0.15, -0.1) is 0 Å². The van der Waals surface area contributed by atoms with Crippen molar-refractivity contribution in [2.45, 2.75) is 45.2 Å². The van der Waals surface area contributed by atoms with E-state index in [9.17, 15) is 0 Å². The van der Waals surface area contributed by atoms with Crippen LogP contribution in [0.15, 0.2) is 24.3 Å². The Morgan fingerprint density at radius 1 is 1.22 bits per heavy atom. The zero-order chi connectivity index (χ0) is 12.8. The van der Waals surface area contributed by atoms with Gasteiger partial charge in [0.05, 0.1) is 0 Å². The third kappa shape index (κ3) is 4.43. The van der Waals surface area contributed by atoms with Crippen LogP contribution in [0, 0.1) is 0 Å². The normalized spacial score (nSPS) is 15.3. The highest BCUT2D eigenvalue weighted by atomic mass is 15.1. The van der Waals surface area contributed by atoms with Crippen LogP contribution in [0.2, 0.25) is 0 Å². The number of nitrogens with one attached hydrogen (secondary N) is 1. The van der Waals surface area contributed by atoms with Crippen molar-refractivity contribution in [3.05, 3.63) is 35.4 Å². The summed E-state index contributed by atoms with van der Waals surface area (Å²) in [4.78, 5) is 2.41. The van der Waals surface area contributed by atoms with E-state index >= 15 is 0 Å². The summed E-state index contributed by atoms with van der Waals surface area (Å²) in [6, 6.07) is 9.70. The largest absolute Gasteiger partial charge is 0.314 e. The molecule has 1 aromatic rings. The molecule has 0 atom stereocenters. The van der Waals surface area contributed by atoms with Crippen molar-refractivity contribution in [1.82, 2.24) is 10.2 Å². The van der Waals surface area contributed by atoms with Crippen molar-refractivity contribution in [2.75, 3.05) is 20.1 Å². The van der Waals surface area contributed by atoms with E-state index in [4.69, 9.17) is 0 Å². The predicted molar refractivity (Wildman–Crippen MR) is 77.8 cm³/mol. The van der Waals surface area contributed by atoms with Crippen LogP contribution in [0.25, 0.3) is 0 Å². The van der Waals surface area contributed by atoms with Crippen LogP contribution in [0.4, 0.5) is 0 Å². The molecular weight excluding hydrogens is 220 g/mol. The van der Waals surface area contributed by atoms with Gasteiger partial charge in [0, 0.05) is 12.6 Å². The van der Waals surface area contributed by atoms with Crippen LogP contribution in [0.3, 0.4) is 0 Å². The predicted octanol–water partition coefficient (Wildman–Crippen LogP) is 2.82. The molecule has 0 aromatic heterocycles. The standard InChI is InChI=1S/C16H26N2/c1-3-12-18(2)13-15-7-5-4-6-14(15)10-11-17-16-8-9-16/h4-7,16-17H,3,8-13H2,1-2H3. The molecule has 0 saturated heterocycles. The number of rotatable bonds is 8. The fraction of sp³-hybridized carbons (Fsp3) is 0.625. The summed E-state index contributed by atoms with van der Waals surface area (Å²) in [5.41, 5.74) is 3.00. The van der Waals surface area contributed by atoms with E-state index in [0.29, 0.717) is 0 Å². The molecule has 18 heavy (non-hydrogen) atoms. The Hall–Kier alpha value is -0.860. The van der Waals surface area contributed by atoms with Crippen molar-refractivity contribution >= 4 is 0 Å². The lowest BCUT2D eigenvalue weighted by atomic mass is 10.0. The minimum absolute atomic E-state index is 0.819. The zero-order valence-corrected chi connectivity index (χ0v) is 11.8. The van der Waals surface area contributed by atoms with E-state index < -0.39 is 0 Å². The van der Waals surface area contributed by atoms with Crippen molar-refractivity contribution in [3.63, 3.8) is 0 Å². The van der Waals surface area contributed by atoms with Gasteiger partial charge in [0.25, 0.3) is 0 Å². The Labute approximate surface area is 111 Å². The van der Waals surface area contributed by atoms with Crippen LogP contribution in [0.1, 0.15) is 37.3 Å². The van der Waals surface area contributed by atoms with Gasteiger partial charge in [0.1, 0.15) is 0 Å². The Bertz CT molecular complexity index is 358. The molecular formula is C16H26N2. The first kappa shape index (κ1) is 13.6. The average molecular weight is 246 g/mol. The van der Waals surface area contributed by atoms with E-state index in [2.05, 4.69) is 48.5 Å². The highest BCUT2D eigenvalue weighted by Crippen LogP contribution is 2.19. The lowest BCUT2D eigenvalue weighted by Gasteiger charge is -2.18. The van der Waals surface area contributed by atoms with Gasteiger partial charge in [-0.3, -0.25) is 0 Å². The van der Waals surface area contributed by atoms with Gasteiger partial charge in [-0.2, -0.15) is 0 Å². The third-order valence-electron chi connectivity index (χ3n) is 3.57. The summed E-state index contributed by atoms with van der Waals surface area (Å²) >= 11 is 0. The average Bonchev–Trinajstić information content (AvgIpc) is 3.16. The molecule has 1 aromatic carbocycles. The van der Waals surface area contributed by atoms with Gasteiger partial charge in [-0.25, -0.2) is 0 Å². The maximum atomic E-state index is 3.60. The number of nitrogens with zero attached hydrogens (tertiary/aromatic N) is 1. The topological polar surface area (TPSA) is 15.3 Å². The smallest absolute Gasteiger partial charge is 0.0233 e. The highest BCUT2D eigenvalue weighted by Gasteiger charge is 2.19. The van der Waals surface area contributed by atoms with E-state index in [1.165, 1.54) is 36.9 Å². The second kappa shape index (κ2) is 6.91. The molecule has 2 heteroatoms. The van der Waals surface area contributed by atoms with E-state index in [1.54, 1.807) is 0 Å². The minimum Gasteiger partial charge on any atom is -0.314 e. The highest BCUT2D eigenvalue weighted by molar-refractivity contribution is 5.27. The van der Waals surface area contributed by atoms with Gasteiger partial charge >= 0.3 is 0 Å². The fourth-order valence-electron chi connectivity index (χ4n) is 2.41. The van der Waals surface area contributed by atoms with Crippen LogP contribution in [0.5, 0.6) is 0 Å². The van der Waals surface area contributed by atoms with Crippen LogP contribution in [-0.4, -0.2) is 31.1 Å². The van der Waals surface area contributed by atoms with Crippen LogP contribution >= 0.6 is 0 Å². The summed E-state index contributed by atoms with van der Waals surface area (Å²) in [6.45, 7) is 5.61. The van der Waals surface area contributed by atoms with Gasteiger partial charge in [0.15, 0.2) is 0 Å². The molecule has 0 aliphatic heterocycles. The molecule has 2 rings (SSSR count). The van der Waals surface area contributed by atoms with E-state index in [1.807, 2.05) is 0 Å². The molecule has 1 aliphatic rings. The van der Waals surface area contributed by atoms with Gasteiger partial charge in [-0.1, -0.05) is 31.2 Å². The minimum atomic E-state index is 0.819. The van der Waals surface area contributed by atoms with Crippen molar-refractivity contribution < 1.29 is 0 Å². The molecule has 0 spiro atoms. The van der Waals surface area contributed by atoms with Crippen molar-refractivity contribution in [1.29, 1.82) is 0 Å². The SMILES string of the molecule is CCCN(C)Cc1ccccc1CCNC1CC1. The Morgan fingerprint density at radius 3 is 2.61 bits per heavy atom. The number of benzene rings is 1. The van der Waals surface area contributed by atoms with Gasteiger partial charge in [0.2, 0.25) is 0 Å². The molecule has 0 bridgehead atoms. The monoisotopic (exact) mass is 246 g/mol. The molecule has 1 aliphatic carbocycles. The maximum absolute atomic E-state index is 3.60. The molecule has 0 unspecified atom stereocenters. The molecule has 1 fully saturated rings. The first-order chi connectivity index (χ1) is 8.79. The molecule has 2 nitrogen and oxygen atoms in total. The van der Waals surface area contributed by atoms with Crippen LogP contribution in [-0.2, 0) is 13.0 Å². The van der Waals surface area contributed by atoms with Crippen LogP contribution < -0.4 is 5.32 Å². The summed E-state index contributed by atoms with van der Waals surface area (Å²) in [5.74, 6) is 0. The first-order valence-electron chi connectivity index (χ1n) is 7.28. The lowest BCUT2D eigenvalue weighted by Crippen LogP contribution is -2.22.